The van der Waals surface area contributed by atoms with E-state index in [4.69, 9.17) is 34.8 Å². The van der Waals surface area contributed by atoms with Gasteiger partial charge in [-0.25, -0.2) is 0 Å². The zero-order valence-electron chi connectivity index (χ0n) is 10.6. The Morgan fingerprint density at radius 1 is 1.14 bits per heavy atom. The first-order valence-corrected chi connectivity index (χ1v) is 6.86. The number of amides is 1. The summed E-state index contributed by atoms with van der Waals surface area (Å²) < 4.78 is 0. The van der Waals surface area contributed by atoms with E-state index in [-0.39, 0.29) is 37.8 Å². The molecule has 6 nitrogen and oxygen atoms in total. The highest BCUT2D eigenvalue weighted by molar-refractivity contribution is 6.37. The maximum atomic E-state index is 12.1. The van der Waals surface area contributed by atoms with Crippen molar-refractivity contribution in [3.8, 4) is 5.75 Å². The Morgan fingerprint density at radius 3 is 2.45 bits per heavy atom. The molecule has 2 rings (SSSR count). The molecule has 22 heavy (non-hydrogen) atoms. The quantitative estimate of drug-likeness (QED) is 0.621. The number of rotatable bonds is 3. The molecule has 0 aliphatic rings. The molecule has 9 heteroatoms. The predicted octanol–water partition coefficient (Wildman–Crippen LogP) is 4.51. The summed E-state index contributed by atoms with van der Waals surface area (Å²) in [6, 6.07) is 6.14. The molecule has 2 N–H and O–H groups in total. The number of carbonyl (C=O) groups excluding carboxylic acids is 1. The number of nitrogens with zero attached hydrogens (tertiary/aromatic N) is 1. The van der Waals surface area contributed by atoms with Crippen LogP contribution in [-0.2, 0) is 0 Å². The molecule has 0 spiro atoms. The number of phenolic OH excluding ortho intramolecular Hbond substituents is 1. The van der Waals surface area contributed by atoms with Gasteiger partial charge in [-0.1, -0.05) is 34.8 Å². The number of halogens is 3. The molecule has 0 fully saturated rings. The van der Waals surface area contributed by atoms with E-state index in [0.29, 0.717) is 0 Å². The highest BCUT2D eigenvalue weighted by atomic mass is 35.5. The van der Waals surface area contributed by atoms with Crippen LogP contribution in [0.15, 0.2) is 30.3 Å². The first-order chi connectivity index (χ1) is 10.3. The lowest BCUT2D eigenvalue weighted by Gasteiger charge is -2.09. The standard InChI is InChI=1S/C13H7Cl3N2O4/c14-6-1-2-12(19)7(3-6)13(20)17-10-4-9(16)11(18(21)22)5-8(10)15/h1-5,19H,(H,17,20). The summed E-state index contributed by atoms with van der Waals surface area (Å²) >= 11 is 17.4. The summed E-state index contributed by atoms with van der Waals surface area (Å²) in [6.07, 6.45) is 0. The summed E-state index contributed by atoms with van der Waals surface area (Å²) in [4.78, 5) is 22.2. The van der Waals surface area contributed by atoms with Crippen LogP contribution >= 0.6 is 34.8 Å². The fourth-order valence-corrected chi connectivity index (χ4v) is 2.26. The molecular formula is C13H7Cl3N2O4. The van der Waals surface area contributed by atoms with Crippen LogP contribution in [0, 0.1) is 10.1 Å². The average Bonchev–Trinajstić information content (AvgIpc) is 2.44. The Balaban J connectivity index is 2.35. The normalized spacial score (nSPS) is 10.3. The van der Waals surface area contributed by atoms with E-state index in [1.54, 1.807) is 0 Å². The molecule has 2 aromatic carbocycles. The van der Waals surface area contributed by atoms with Gasteiger partial charge in [0.15, 0.2) is 0 Å². The number of hydrogen-bond acceptors (Lipinski definition) is 4. The van der Waals surface area contributed by atoms with E-state index in [9.17, 15) is 20.0 Å². The largest absolute Gasteiger partial charge is 0.507 e. The average molecular weight is 362 g/mol. The molecule has 0 saturated heterocycles. The number of aromatic hydroxyl groups is 1. The lowest BCUT2D eigenvalue weighted by Crippen LogP contribution is -2.12. The molecule has 0 unspecified atom stereocenters. The molecule has 2 aromatic rings. The summed E-state index contributed by atoms with van der Waals surface area (Å²) in [5.74, 6) is -0.960. The molecule has 0 aliphatic heterocycles. The van der Waals surface area contributed by atoms with Gasteiger partial charge in [0, 0.05) is 11.1 Å². The third-order valence-corrected chi connectivity index (χ3v) is 3.54. The molecular weight excluding hydrogens is 355 g/mol. The number of hydrogen-bond donors (Lipinski definition) is 2. The van der Waals surface area contributed by atoms with Gasteiger partial charge in [0.05, 0.1) is 21.2 Å². The monoisotopic (exact) mass is 360 g/mol. The van der Waals surface area contributed by atoms with Crippen LogP contribution in [0.4, 0.5) is 11.4 Å². The Bertz CT molecular complexity index is 780. The van der Waals surface area contributed by atoms with Gasteiger partial charge in [-0.2, -0.15) is 0 Å². The van der Waals surface area contributed by atoms with E-state index < -0.39 is 10.8 Å². The van der Waals surface area contributed by atoms with Crippen molar-refractivity contribution in [1.82, 2.24) is 0 Å². The van der Waals surface area contributed by atoms with Crippen LogP contribution in [0.1, 0.15) is 10.4 Å². The van der Waals surface area contributed by atoms with Gasteiger partial charge < -0.3 is 10.4 Å². The molecule has 0 heterocycles. The maximum absolute atomic E-state index is 12.1. The van der Waals surface area contributed by atoms with Crippen molar-refractivity contribution in [3.05, 3.63) is 61.1 Å². The fraction of sp³-hybridized carbons (Fsp3) is 0. The number of carbonyl (C=O) groups is 1. The fourth-order valence-electron chi connectivity index (χ4n) is 1.65. The number of phenols is 1. The molecule has 114 valence electrons. The molecule has 0 radical (unpaired) electrons. The number of nitrogens with one attached hydrogen (secondary N) is 1. The molecule has 1 amide bonds. The van der Waals surface area contributed by atoms with Crippen molar-refractivity contribution >= 4 is 52.1 Å². The van der Waals surface area contributed by atoms with Crippen LogP contribution in [0.25, 0.3) is 0 Å². The van der Waals surface area contributed by atoms with Crippen molar-refractivity contribution in [1.29, 1.82) is 0 Å². The summed E-state index contributed by atoms with van der Waals surface area (Å²) in [5.41, 5.74) is -0.380. The summed E-state index contributed by atoms with van der Waals surface area (Å²) in [6.45, 7) is 0. The van der Waals surface area contributed by atoms with Crippen molar-refractivity contribution in [2.24, 2.45) is 0 Å². The third-order valence-electron chi connectivity index (χ3n) is 2.68. The lowest BCUT2D eigenvalue weighted by molar-refractivity contribution is -0.384. The minimum Gasteiger partial charge on any atom is -0.507 e. The molecule has 0 aliphatic carbocycles. The smallest absolute Gasteiger partial charge is 0.289 e. The second kappa shape index (κ2) is 6.39. The zero-order valence-corrected chi connectivity index (χ0v) is 12.9. The first kappa shape index (κ1) is 16.4. The van der Waals surface area contributed by atoms with Gasteiger partial charge in [0.2, 0.25) is 0 Å². The van der Waals surface area contributed by atoms with Crippen LogP contribution in [0.2, 0.25) is 15.1 Å². The zero-order chi connectivity index (χ0) is 16.4. The number of nitro groups is 1. The van der Waals surface area contributed by atoms with Crippen LogP contribution in [0.3, 0.4) is 0 Å². The number of nitro benzene ring substituents is 1. The second-order valence-electron chi connectivity index (χ2n) is 4.16. The summed E-state index contributed by atoms with van der Waals surface area (Å²) in [5, 5.41) is 22.8. The van der Waals surface area contributed by atoms with Gasteiger partial charge in [0.25, 0.3) is 11.6 Å². The third kappa shape index (κ3) is 3.41. The second-order valence-corrected chi connectivity index (χ2v) is 5.41. The van der Waals surface area contributed by atoms with Crippen molar-refractivity contribution < 1.29 is 14.8 Å². The van der Waals surface area contributed by atoms with E-state index in [2.05, 4.69) is 5.32 Å². The van der Waals surface area contributed by atoms with Gasteiger partial charge in [0.1, 0.15) is 10.8 Å². The summed E-state index contributed by atoms with van der Waals surface area (Å²) in [7, 11) is 0. The van der Waals surface area contributed by atoms with Crippen LogP contribution in [-0.4, -0.2) is 15.9 Å². The molecule has 0 atom stereocenters. The number of anilines is 1. The molecule has 0 saturated carbocycles. The minimum absolute atomic E-state index is 0.0639. The van der Waals surface area contributed by atoms with Crippen molar-refractivity contribution in [2.75, 3.05) is 5.32 Å². The Labute approximate surface area is 139 Å². The van der Waals surface area contributed by atoms with Crippen molar-refractivity contribution in [3.63, 3.8) is 0 Å². The molecule has 0 bridgehead atoms. The highest BCUT2D eigenvalue weighted by Crippen LogP contribution is 2.34. The van der Waals surface area contributed by atoms with Gasteiger partial charge in [-0.05, 0) is 24.3 Å². The SMILES string of the molecule is O=C(Nc1cc(Cl)c([N+](=O)[O-])cc1Cl)c1cc(Cl)ccc1O. The maximum Gasteiger partial charge on any atom is 0.289 e. The van der Waals surface area contributed by atoms with E-state index >= 15 is 0 Å². The first-order valence-electron chi connectivity index (χ1n) is 5.73. The van der Waals surface area contributed by atoms with E-state index in [0.717, 1.165) is 12.1 Å². The van der Waals surface area contributed by atoms with Gasteiger partial charge >= 0.3 is 0 Å². The Kier molecular flexibility index (Phi) is 4.75. The van der Waals surface area contributed by atoms with E-state index in [1.807, 2.05) is 0 Å². The topological polar surface area (TPSA) is 92.5 Å². The Morgan fingerprint density at radius 2 is 1.82 bits per heavy atom. The van der Waals surface area contributed by atoms with Gasteiger partial charge in [-0.3, -0.25) is 14.9 Å². The van der Waals surface area contributed by atoms with Gasteiger partial charge in [-0.15, -0.1) is 0 Å². The van der Waals surface area contributed by atoms with Crippen LogP contribution in [0.5, 0.6) is 5.75 Å². The predicted molar refractivity (Wildman–Crippen MR) is 84.2 cm³/mol. The minimum atomic E-state index is -0.692. The number of benzene rings is 2. The Hall–Kier alpha value is -2.02. The molecule has 0 aromatic heterocycles. The highest BCUT2D eigenvalue weighted by Gasteiger charge is 2.19. The van der Waals surface area contributed by atoms with E-state index in [1.165, 1.54) is 18.2 Å². The van der Waals surface area contributed by atoms with Crippen molar-refractivity contribution in [2.45, 2.75) is 0 Å². The van der Waals surface area contributed by atoms with Crippen LogP contribution < -0.4 is 5.32 Å². The lowest BCUT2D eigenvalue weighted by atomic mass is 10.2.